The van der Waals surface area contributed by atoms with Gasteiger partial charge in [0, 0.05) is 4.88 Å². The molecular formula is C16H18O4S. The number of hydrogen-bond donors (Lipinski definition) is 1. The molecule has 1 heterocycles. The van der Waals surface area contributed by atoms with Crippen LogP contribution in [0, 0.1) is 6.92 Å². The van der Waals surface area contributed by atoms with Crippen LogP contribution >= 0.6 is 11.3 Å². The summed E-state index contributed by atoms with van der Waals surface area (Å²) in [6.45, 7) is 4.66. The summed E-state index contributed by atoms with van der Waals surface area (Å²) in [7, 11) is 0. The molecule has 0 radical (unpaired) electrons. The van der Waals surface area contributed by atoms with Crippen molar-refractivity contribution in [3.8, 4) is 11.5 Å². The van der Waals surface area contributed by atoms with Crippen LogP contribution < -0.4 is 9.47 Å². The van der Waals surface area contributed by atoms with Crippen LogP contribution in [-0.2, 0) is 6.42 Å². The zero-order valence-corrected chi connectivity index (χ0v) is 12.9. The average Bonchev–Trinajstić information content (AvgIpc) is 2.89. The number of ether oxygens (including phenoxy) is 2. The number of carbonyl (C=O) groups is 1. The molecule has 0 aliphatic heterocycles. The van der Waals surface area contributed by atoms with Gasteiger partial charge in [-0.15, -0.1) is 11.3 Å². The van der Waals surface area contributed by atoms with Crippen molar-refractivity contribution >= 4 is 17.3 Å². The molecule has 0 fully saturated rings. The summed E-state index contributed by atoms with van der Waals surface area (Å²) in [5, 5.41) is 9.14. The SMILES string of the molecule is CCc1cc(OCCOc2ccccc2C)c(C(=O)O)s1. The molecule has 0 aliphatic rings. The lowest BCUT2D eigenvalue weighted by Crippen LogP contribution is -2.10. The average molecular weight is 306 g/mol. The summed E-state index contributed by atoms with van der Waals surface area (Å²) in [6.07, 6.45) is 0.800. The van der Waals surface area contributed by atoms with Crippen molar-refractivity contribution in [2.75, 3.05) is 13.2 Å². The van der Waals surface area contributed by atoms with E-state index in [1.165, 1.54) is 11.3 Å². The molecule has 0 spiro atoms. The van der Waals surface area contributed by atoms with E-state index in [1.807, 2.05) is 38.1 Å². The zero-order chi connectivity index (χ0) is 15.2. The normalized spacial score (nSPS) is 10.4. The monoisotopic (exact) mass is 306 g/mol. The van der Waals surface area contributed by atoms with Gasteiger partial charge < -0.3 is 14.6 Å². The first-order chi connectivity index (χ1) is 10.1. The summed E-state index contributed by atoms with van der Waals surface area (Å²) < 4.78 is 11.2. The Hall–Kier alpha value is -2.01. The van der Waals surface area contributed by atoms with E-state index in [4.69, 9.17) is 14.6 Å². The minimum absolute atomic E-state index is 0.253. The van der Waals surface area contributed by atoms with Crippen LogP contribution in [-0.4, -0.2) is 24.3 Å². The Bertz CT molecular complexity index is 618. The maximum absolute atomic E-state index is 11.1. The molecule has 112 valence electrons. The quantitative estimate of drug-likeness (QED) is 0.791. The van der Waals surface area contributed by atoms with Gasteiger partial charge >= 0.3 is 5.97 Å². The molecule has 1 N–H and O–H groups in total. The summed E-state index contributed by atoms with van der Waals surface area (Å²) >= 11 is 1.26. The van der Waals surface area contributed by atoms with Crippen molar-refractivity contribution in [3.63, 3.8) is 0 Å². The van der Waals surface area contributed by atoms with Crippen LogP contribution in [0.3, 0.4) is 0 Å². The molecule has 5 heteroatoms. The fourth-order valence-electron chi connectivity index (χ4n) is 1.87. The van der Waals surface area contributed by atoms with E-state index in [9.17, 15) is 4.79 Å². The second kappa shape index (κ2) is 7.13. The fourth-order valence-corrected chi connectivity index (χ4v) is 2.75. The van der Waals surface area contributed by atoms with Crippen LogP contribution in [0.15, 0.2) is 30.3 Å². The van der Waals surface area contributed by atoms with Gasteiger partial charge in [0.2, 0.25) is 0 Å². The lowest BCUT2D eigenvalue weighted by atomic mass is 10.2. The number of carboxylic acid groups (broad SMARTS) is 1. The van der Waals surface area contributed by atoms with E-state index in [0.717, 1.165) is 22.6 Å². The van der Waals surface area contributed by atoms with Crippen LogP contribution in [0.2, 0.25) is 0 Å². The van der Waals surface area contributed by atoms with Crippen molar-refractivity contribution in [3.05, 3.63) is 45.6 Å². The van der Waals surface area contributed by atoms with Gasteiger partial charge in [0.25, 0.3) is 0 Å². The fraction of sp³-hybridized carbons (Fsp3) is 0.312. The van der Waals surface area contributed by atoms with Gasteiger partial charge in [-0.3, -0.25) is 0 Å². The third kappa shape index (κ3) is 3.98. The van der Waals surface area contributed by atoms with Crippen LogP contribution in [0.4, 0.5) is 0 Å². The molecule has 0 bridgehead atoms. The van der Waals surface area contributed by atoms with Gasteiger partial charge in [-0.2, -0.15) is 0 Å². The number of rotatable bonds is 7. The maximum atomic E-state index is 11.1. The van der Waals surface area contributed by atoms with E-state index >= 15 is 0 Å². The third-order valence-corrected chi connectivity index (χ3v) is 4.23. The highest BCUT2D eigenvalue weighted by Gasteiger charge is 2.16. The van der Waals surface area contributed by atoms with Crippen molar-refractivity contribution in [1.29, 1.82) is 0 Å². The Morgan fingerprint density at radius 2 is 1.86 bits per heavy atom. The lowest BCUT2D eigenvalue weighted by molar-refractivity contribution is 0.0697. The molecule has 0 saturated heterocycles. The Balaban J connectivity index is 1.90. The van der Waals surface area contributed by atoms with Gasteiger partial charge in [0.05, 0.1) is 0 Å². The van der Waals surface area contributed by atoms with E-state index in [0.29, 0.717) is 19.0 Å². The molecule has 0 amide bonds. The number of para-hydroxylation sites is 1. The van der Waals surface area contributed by atoms with Crippen molar-refractivity contribution < 1.29 is 19.4 Å². The number of hydrogen-bond acceptors (Lipinski definition) is 4. The molecule has 1 aromatic heterocycles. The predicted molar refractivity (Wildman–Crippen MR) is 82.8 cm³/mol. The van der Waals surface area contributed by atoms with Crippen molar-refractivity contribution in [2.45, 2.75) is 20.3 Å². The summed E-state index contributed by atoms with van der Waals surface area (Å²) in [4.78, 5) is 12.4. The summed E-state index contributed by atoms with van der Waals surface area (Å²) in [5.41, 5.74) is 1.06. The minimum Gasteiger partial charge on any atom is -0.490 e. The standard InChI is InChI=1S/C16H18O4S/c1-3-12-10-14(15(21-12)16(17)18)20-9-8-19-13-7-5-4-6-11(13)2/h4-7,10H,3,8-9H2,1-2H3,(H,17,18). The zero-order valence-electron chi connectivity index (χ0n) is 12.1. The first-order valence-electron chi connectivity index (χ1n) is 6.79. The van der Waals surface area contributed by atoms with Gasteiger partial charge in [0.15, 0.2) is 4.88 Å². The predicted octanol–water partition coefficient (Wildman–Crippen LogP) is 3.77. The van der Waals surface area contributed by atoms with E-state index in [-0.39, 0.29) is 4.88 Å². The molecular weight excluding hydrogens is 288 g/mol. The van der Waals surface area contributed by atoms with E-state index in [2.05, 4.69) is 0 Å². The molecule has 0 unspecified atom stereocenters. The first-order valence-corrected chi connectivity index (χ1v) is 7.60. The van der Waals surface area contributed by atoms with Gasteiger partial charge in [-0.1, -0.05) is 25.1 Å². The van der Waals surface area contributed by atoms with E-state index in [1.54, 1.807) is 6.07 Å². The number of thiophene rings is 1. The minimum atomic E-state index is -0.950. The van der Waals surface area contributed by atoms with Crippen LogP contribution in [0.1, 0.15) is 27.0 Å². The van der Waals surface area contributed by atoms with Gasteiger partial charge in [0.1, 0.15) is 24.7 Å². The highest BCUT2D eigenvalue weighted by atomic mass is 32.1. The molecule has 2 rings (SSSR count). The van der Waals surface area contributed by atoms with Crippen molar-refractivity contribution in [2.24, 2.45) is 0 Å². The number of aromatic carboxylic acids is 1. The second-order valence-electron chi connectivity index (χ2n) is 4.53. The molecule has 2 aromatic rings. The van der Waals surface area contributed by atoms with Crippen molar-refractivity contribution in [1.82, 2.24) is 0 Å². The Morgan fingerprint density at radius 3 is 2.48 bits per heavy atom. The smallest absolute Gasteiger partial charge is 0.349 e. The first kappa shape index (κ1) is 15.4. The molecule has 0 aliphatic carbocycles. The summed E-state index contributed by atoms with van der Waals surface area (Å²) in [5.74, 6) is 0.298. The Labute approximate surface area is 128 Å². The molecule has 4 nitrogen and oxygen atoms in total. The maximum Gasteiger partial charge on any atom is 0.349 e. The number of benzene rings is 1. The summed E-state index contributed by atoms with van der Waals surface area (Å²) in [6, 6.07) is 9.54. The second-order valence-corrected chi connectivity index (χ2v) is 5.66. The highest BCUT2D eigenvalue weighted by Crippen LogP contribution is 2.29. The lowest BCUT2D eigenvalue weighted by Gasteiger charge is -2.09. The molecule has 1 aromatic carbocycles. The van der Waals surface area contributed by atoms with Gasteiger partial charge in [-0.25, -0.2) is 4.79 Å². The molecule has 0 saturated carbocycles. The number of aryl methyl sites for hydroxylation is 2. The third-order valence-electron chi connectivity index (χ3n) is 2.98. The Morgan fingerprint density at radius 1 is 1.19 bits per heavy atom. The van der Waals surface area contributed by atoms with Gasteiger partial charge in [-0.05, 0) is 31.0 Å². The topological polar surface area (TPSA) is 55.8 Å². The van der Waals surface area contributed by atoms with Crippen LogP contribution in [0.25, 0.3) is 0 Å². The largest absolute Gasteiger partial charge is 0.490 e. The number of carboxylic acids is 1. The molecule has 0 atom stereocenters. The highest BCUT2D eigenvalue weighted by molar-refractivity contribution is 7.14. The van der Waals surface area contributed by atoms with E-state index < -0.39 is 5.97 Å². The Kier molecular flexibility index (Phi) is 5.22. The van der Waals surface area contributed by atoms with Crippen LogP contribution in [0.5, 0.6) is 11.5 Å². The molecule has 21 heavy (non-hydrogen) atoms.